The Morgan fingerprint density at radius 3 is 2.40 bits per heavy atom. The number of aryl methyl sites for hydroxylation is 1. The van der Waals surface area contributed by atoms with E-state index in [1.807, 2.05) is 0 Å². The molecule has 0 heterocycles. The van der Waals surface area contributed by atoms with Crippen LogP contribution in [0.4, 0.5) is 0 Å². The van der Waals surface area contributed by atoms with Crippen molar-refractivity contribution in [3.8, 4) is 5.75 Å². The zero-order valence-electron chi connectivity index (χ0n) is 13.2. The highest BCUT2D eigenvalue weighted by atomic mass is 16.5. The van der Waals surface area contributed by atoms with Gasteiger partial charge in [-0.2, -0.15) is 0 Å². The zero-order chi connectivity index (χ0) is 14.4. The molecule has 112 valence electrons. The second-order valence-electron chi connectivity index (χ2n) is 6.29. The summed E-state index contributed by atoms with van der Waals surface area (Å²) >= 11 is 0. The van der Waals surface area contributed by atoms with Crippen molar-refractivity contribution >= 4 is 0 Å². The first-order chi connectivity index (χ1) is 9.69. The molecule has 1 N–H and O–H groups in total. The Kier molecular flexibility index (Phi) is 5.90. The van der Waals surface area contributed by atoms with Gasteiger partial charge in [-0.1, -0.05) is 25.0 Å². The number of hydrogen-bond acceptors (Lipinski definition) is 2. The molecule has 2 nitrogen and oxygen atoms in total. The smallest absolute Gasteiger partial charge is 0.118 e. The minimum Gasteiger partial charge on any atom is -0.497 e. The predicted molar refractivity (Wildman–Crippen MR) is 85.3 cm³/mol. The fourth-order valence-electron chi connectivity index (χ4n) is 3.30. The lowest BCUT2D eigenvalue weighted by Gasteiger charge is -2.25. The van der Waals surface area contributed by atoms with Crippen LogP contribution in [0.25, 0.3) is 0 Å². The van der Waals surface area contributed by atoms with Crippen molar-refractivity contribution in [1.29, 1.82) is 0 Å². The quantitative estimate of drug-likeness (QED) is 0.806. The third kappa shape index (κ3) is 4.52. The maximum Gasteiger partial charge on any atom is 0.118 e. The Bertz CT molecular complexity index is 381. The molecule has 0 spiro atoms. The monoisotopic (exact) mass is 275 g/mol. The van der Waals surface area contributed by atoms with Crippen LogP contribution in [-0.2, 0) is 6.42 Å². The van der Waals surface area contributed by atoms with Gasteiger partial charge in [0.2, 0.25) is 0 Å². The summed E-state index contributed by atoms with van der Waals surface area (Å²) in [5.41, 5.74) is 1.40. The first kappa shape index (κ1) is 15.4. The number of hydrogen-bond donors (Lipinski definition) is 1. The molecule has 0 aromatic heterocycles. The van der Waals surface area contributed by atoms with Crippen LogP contribution in [0, 0.1) is 5.92 Å². The second-order valence-corrected chi connectivity index (χ2v) is 6.29. The van der Waals surface area contributed by atoms with Crippen LogP contribution in [0.3, 0.4) is 0 Å². The van der Waals surface area contributed by atoms with Gasteiger partial charge in [0.1, 0.15) is 5.75 Å². The minimum atomic E-state index is 0.590. The van der Waals surface area contributed by atoms with Gasteiger partial charge in [-0.3, -0.25) is 0 Å². The molecule has 0 amide bonds. The number of rotatable bonds is 7. The molecule has 0 radical (unpaired) electrons. The van der Waals surface area contributed by atoms with E-state index in [0.717, 1.165) is 18.1 Å². The third-order valence-corrected chi connectivity index (χ3v) is 4.68. The third-order valence-electron chi connectivity index (χ3n) is 4.68. The summed E-state index contributed by atoms with van der Waals surface area (Å²) in [6.45, 7) is 4.68. The highest BCUT2D eigenvalue weighted by Gasteiger charge is 2.22. The van der Waals surface area contributed by atoms with E-state index in [9.17, 15) is 0 Å². The van der Waals surface area contributed by atoms with Crippen molar-refractivity contribution in [2.45, 2.75) is 64.5 Å². The van der Waals surface area contributed by atoms with Gasteiger partial charge < -0.3 is 10.1 Å². The van der Waals surface area contributed by atoms with E-state index in [-0.39, 0.29) is 0 Å². The van der Waals surface area contributed by atoms with Gasteiger partial charge in [0.15, 0.2) is 0 Å². The Hall–Kier alpha value is -1.02. The molecular formula is C18H29NO. The van der Waals surface area contributed by atoms with Crippen molar-refractivity contribution in [3.63, 3.8) is 0 Å². The Morgan fingerprint density at radius 1 is 1.15 bits per heavy atom. The van der Waals surface area contributed by atoms with Crippen LogP contribution in [0.1, 0.15) is 51.5 Å². The molecule has 20 heavy (non-hydrogen) atoms. The molecule has 0 saturated heterocycles. The average Bonchev–Trinajstić information content (AvgIpc) is 3.00. The summed E-state index contributed by atoms with van der Waals surface area (Å²) in [4.78, 5) is 0. The number of nitrogens with one attached hydrogen (secondary N) is 1. The normalized spacial score (nSPS) is 18.9. The fraction of sp³-hybridized carbons (Fsp3) is 0.667. The maximum absolute atomic E-state index is 5.19. The van der Waals surface area contributed by atoms with Gasteiger partial charge in [0.05, 0.1) is 7.11 Å². The van der Waals surface area contributed by atoms with E-state index >= 15 is 0 Å². The molecule has 0 aliphatic heterocycles. The van der Waals surface area contributed by atoms with Crippen LogP contribution in [0.15, 0.2) is 24.3 Å². The molecule has 1 fully saturated rings. The number of methoxy groups -OCH3 is 1. The van der Waals surface area contributed by atoms with Gasteiger partial charge in [-0.05, 0) is 63.1 Å². The summed E-state index contributed by atoms with van der Waals surface area (Å²) in [6.07, 6.45) is 8.02. The lowest BCUT2D eigenvalue weighted by molar-refractivity contribution is 0.341. The SMILES string of the molecule is COc1ccc(CCC(C)N[C@@H](C)C2CCCC2)cc1. The molecule has 1 aliphatic carbocycles. The van der Waals surface area contributed by atoms with E-state index < -0.39 is 0 Å². The molecule has 1 aromatic rings. The van der Waals surface area contributed by atoms with E-state index in [4.69, 9.17) is 4.74 Å². The largest absolute Gasteiger partial charge is 0.497 e. The van der Waals surface area contributed by atoms with Crippen molar-refractivity contribution in [2.75, 3.05) is 7.11 Å². The average molecular weight is 275 g/mol. The summed E-state index contributed by atoms with van der Waals surface area (Å²) in [6, 6.07) is 9.71. The van der Waals surface area contributed by atoms with Crippen LogP contribution >= 0.6 is 0 Å². The van der Waals surface area contributed by atoms with Crippen molar-refractivity contribution in [2.24, 2.45) is 5.92 Å². The van der Waals surface area contributed by atoms with E-state index in [2.05, 4.69) is 43.4 Å². The molecule has 1 saturated carbocycles. The summed E-state index contributed by atoms with van der Waals surface area (Å²) in [5, 5.41) is 3.79. The molecule has 1 aliphatic rings. The van der Waals surface area contributed by atoms with Crippen LogP contribution in [-0.4, -0.2) is 19.2 Å². The molecule has 1 unspecified atom stereocenters. The zero-order valence-corrected chi connectivity index (χ0v) is 13.2. The van der Waals surface area contributed by atoms with Crippen LogP contribution in [0.5, 0.6) is 5.75 Å². The topological polar surface area (TPSA) is 21.3 Å². The van der Waals surface area contributed by atoms with Crippen molar-refractivity contribution < 1.29 is 4.74 Å². The molecule has 2 rings (SSSR count). The van der Waals surface area contributed by atoms with Gasteiger partial charge in [0, 0.05) is 12.1 Å². The van der Waals surface area contributed by atoms with Gasteiger partial charge >= 0.3 is 0 Å². The second kappa shape index (κ2) is 7.68. The van der Waals surface area contributed by atoms with Crippen molar-refractivity contribution in [3.05, 3.63) is 29.8 Å². The molecule has 2 heteroatoms. The molecule has 2 atom stereocenters. The number of ether oxygens (including phenoxy) is 1. The summed E-state index contributed by atoms with van der Waals surface area (Å²) in [5.74, 6) is 1.84. The Morgan fingerprint density at radius 2 is 1.80 bits per heavy atom. The fourth-order valence-corrected chi connectivity index (χ4v) is 3.30. The summed E-state index contributed by atoms with van der Waals surface area (Å²) < 4.78 is 5.19. The van der Waals surface area contributed by atoms with E-state index in [1.165, 1.54) is 37.7 Å². The first-order valence-corrected chi connectivity index (χ1v) is 8.08. The van der Waals surface area contributed by atoms with E-state index in [0.29, 0.717) is 12.1 Å². The standard InChI is InChI=1S/C18H29NO/c1-14(19-15(2)17-6-4-5-7-17)8-9-16-10-12-18(20-3)13-11-16/h10-15,17,19H,4-9H2,1-3H3/t14?,15-/m0/s1. The molecule has 1 aromatic carbocycles. The predicted octanol–water partition coefficient (Wildman–Crippen LogP) is 4.18. The minimum absolute atomic E-state index is 0.590. The van der Waals surface area contributed by atoms with Gasteiger partial charge in [-0.15, -0.1) is 0 Å². The molecular weight excluding hydrogens is 246 g/mol. The number of benzene rings is 1. The maximum atomic E-state index is 5.19. The highest BCUT2D eigenvalue weighted by molar-refractivity contribution is 5.27. The van der Waals surface area contributed by atoms with Crippen LogP contribution < -0.4 is 10.1 Å². The molecule has 0 bridgehead atoms. The highest BCUT2D eigenvalue weighted by Crippen LogP contribution is 2.27. The van der Waals surface area contributed by atoms with Gasteiger partial charge in [0.25, 0.3) is 0 Å². The van der Waals surface area contributed by atoms with Crippen molar-refractivity contribution in [1.82, 2.24) is 5.32 Å². The summed E-state index contributed by atoms with van der Waals surface area (Å²) in [7, 11) is 1.71. The lowest BCUT2D eigenvalue weighted by atomic mass is 9.98. The van der Waals surface area contributed by atoms with Crippen LogP contribution in [0.2, 0.25) is 0 Å². The lowest BCUT2D eigenvalue weighted by Crippen LogP contribution is -2.38. The van der Waals surface area contributed by atoms with E-state index in [1.54, 1.807) is 7.11 Å². The van der Waals surface area contributed by atoms with Gasteiger partial charge in [-0.25, -0.2) is 0 Å². The Labute approximate surface area is 123 Å². The first-order valence-electron chi connectivity index (χ1n) is 8.08. The Balaban J connectivity index is 1.72.